The van der Waals surface area contributed by atoms with Crippen LogP contribution in [0.4, 0.5) is 17.6 Å². The van der Waals surface area contributed by atoms with Crippen LogP contribution in [0.15, 0.2) is 18.2 Å². The molecule has 0 atom stereocenters. The Morgan fingerprint density at radius 3 is 2.12 bits per heavy atom. The van der Waals surface area contributed by atoms with Gasteiger partial charge < -0.3 is 5.73 Å². The highest BCUT2D eigenvalue weighted by molar-refractivity contribution is 5.31. The maximum Gasteiger partial charge on any atom is 0.419 e. The van der Waals surface area contributed by atoms with Gasteiger partial charge in [0.25, 0.3) is 0 Å². The molecule has 0 aliphatic rings. The van der Waals surface area contributed by atoms with E-state index in [0.29, 0.717) is 5.56 Å². The van der Waals surface area contributed by atoms with Gasteiger partial charge in [0.1, 0.15) is 5.82 Å². The molecule has 0 radical (unpaired) electrons. The van der Waals surface area contributed by atoms with Gasteiger partial charge in [-0.15, -0.1) is 0 Å². The minimum atomic E-state index is -4.66. The van der Waals surface area contributed by atoms with E-state index in [1.54, 1.807) is 13.8 Å². The third kappa shape index (κ3) is 2.52. The second kappa shape index (κ2) is 4.05. The molecule has 5 heteroatoms. The third-order valence-corrected chi connectivity index (χ3v) is 2.57. The summed E-state index contributed by atoms with van der Waals surface area (Å²) in [5.74, 6) is -1.26. The van der Waals surface area contributed by atoms with Crippen LogP contribution in [0, 0.1) is 5.82 Å². The summed E-state index contributed by atoms with van der Waals surface area (Å²) in [7, 11) is 0. The van der Waals surface area contributed by atoms with Crippen molar-refractivity contribution in [1.82, 2.24) is 0 Å². The second-order valence-electron chi connectivity index (χ2n) is 4.28. The third-order valence-electron chi connectivity index (χ3n) is 2.57. The smallest absolute Gasteiger partial charge is 0.330 e. The Balaban J connectivity index is 3.20. The number of halogens is 4. The van der Waals surface area contributed by atoms with E-state index in [1.165, 1.54) is 6.07 Å². The van der Waals surface area contributed by atoms with Crippen molar-refractivity contribution in [2.24, 2.45) is 5.73 Å². The van der Waals surface area contributed by atoms with Crippen LogP contribution < -0.4 is 5.73 Å². The van der Waals surface area contributed by atoms with Crippen LogP contribution in [-0.4, -0.2) is 6.54 Å². The summed E-state index contributed by atoms with van der Waals surface area (Å²) < 4.78 is 50.1. The first-order valence-electron chi connectivity index (χ1n) is 4.76. The molecule has 1 rings (SSSR count). The predicted octanol–water partition coefficient (Wildman–Crippen LogP) is 3.08. The Bertz CT molecular complexity index is 382. The number of hydrogen-bond donors (Lipinski definition) is 1. The molecule has 0 saturated carbocycles. The molecule has 0 saturated heterocycles. The van der Waals surface area contributed by atoms with Crippen LogP contribution in [0.5, 0.6) is 0 Å². The van der Waals surface area contributed by atoms with Gasteiger partial charge in [-0.25, -0.2) is 4.39 Å². The molecule has 1 nitrogen and oxygen atoms in total. The summed E-state index contributed by atoms with van der Waals surface area (Å²) in [5, 5.41) is 0. The van der Waals surface area contributed by atoms with Crippen LogP contribution in [0.3, 0.4) is 0 Å². The molecule has 1 aromatic carbocycles. The Morgan fingerprint density at radius 1 is 1.19 bits per heavy atom. The van der Waals surface area contributed by atoms with Crippen molar-refractivity contribution < 1.29 is 17.6 Å². The summed E-state index contributed by atoms with van der Waals surface area (Å²) in [6.45, 7) is 3.72. The zero-order chi connectivity index (χ0) is 12.6. The van der Waals surface area contributed by atoms with Gasteiger partial charge in [-0.05, 0) is 17.7 Å². The van der Waals surface area contributed by atoms with Crippen LogP contribution in [0.2, 0.25) is 0 Å². The Kier molecular flexibility index (Phi) is 3.28. The molecule has 0 amide bonds. The topological polar surface area (TPSA) is 26.0 Å². The lowest BCUT2D eigenvalue weighted by Gasteiger charge is -2.23. The van der Waals surface area contributed by atoms with Gasteiger partial charge in [-0.2, -0.15) is 13.2 Å². The van der Waals surface area contributed by atoms with Crippen molar-refractivity contribution in [3.8, 4) is 0 Å². The summed E-state index contributed by atoms with van der Waals surface area (Å²) in [6.07, 6.45) is -4.66. The van der Waals surface area contributed by atoms with E-state index < -0.39 is 23.0 Å². The average Bonchev–Trinajstić information content (AvgIpc) is 2.15. The Morgan fingerprint density at radius 2 is 1.75 bits per heavy atom. The molecule has 0 bridgehead atoms. The lowest BCUT2D eigenvalue weighted by atomic mass is 9.84. The largest absolute Gasteiger partial charge is 0.419 e. The van der Waals surface area contributed by atoms with E-state index in [4.69, 9.17) is 5.73 Å². The molecule has 1 aromatic rings. The number of alkyl halides is 3. The second-order valence-corrected chi connectivity index (χ2v) is 4.28. The van der Waals surface area contributed by atoms with Gasteiger partial charge in [-0.1, -0.05) is 19.9 Å². The minimum Gasteiger partial charge on any atom is -0.330 e. The van der Waals surface area contributed by atoms with E-state index in [9.17, 15) is 17.6 Å². The number of rotatable bonds is 2. The maximum atomic E-state index is 13.3. The van der Waals surface area contributed by atoms with Crippen molar-refractivity contribution in [2.45, 2.75) is 25.4 Å². The van der Waals surface area contributed by atoms with Gasteiger partial charge in [0.15, 0.2) is 0 Å². The van der Waals surface area contributed by atoms with E-state index in [-0.39, 0.29) is 6.54 Å². The van der Waals surface area contributed by atoms with Gasteiger partial charge in [-0.3, -0.25) is 0 Å². The summed E-state index contributed by atoms with van der Waals surface area (Å²) in [6, 6.07) is 2.91. The number of hydrogen-bond acceptors (Lipinski definition) is 1. The van der Waals surface area contributed by atoms with Crippen molar-refractivity contribution in [3.05, 3.63) is 35.1 Å². The number of benzene rings is 1. The SMILES string of the molecule is CC(C)(CN)c1ccc(C(F)(F)F)c(F)c1. The lowest BCUT2D eigenvalue weighted by Crippen LogP contribution is -2.28. The fourth-order valence-electron chi connectivity index (χ4n) is 1.28. The molecule has 90 valence electrons. The van der Waals surface area contributed by atoms with E-state index in [0.717, 1.165) is 12.1 Å². The van der Waals surface area contributed by atoms with Crippen molar-refractivity contribution in [3.63, 3.8) is 0 Å². The van der Waals surface area contributed by atoms with E-state index >= 15 is 0 Å². The molecular formula is C11H13F4N. The quantitative estimate of drug-likeness (QED) is 0.783. The van der Waals surface area contributed by atoms with Crippen molar-refractivity contribution in [2.75, 3.05) is 6.54 Å². The fraction of sp³-hybridized carbons (Fsp3) is 0.455. The first-order chi connectivity index (χ1) is 7.18. The molecule has 0 aliphatic carbocycles. The van der Waals surface area contributed by atoms with Crippen molar-refractivity contribution >= 4 is 0 Å². The summed E-state index contributed by atoms with van der Waals surface area (Å²) >= 11 is 0. The monoisotopic (exact) mass is 235 g/mol. The van der Waals surface area contributed by atoms with Gasteiger partial charge in [0.2, 0.25) is 0 Å². The molecule has 0 aliphatic heterocycles. The molecule has 0 heterocycles. The number of nitrogens with two attached hydrogens (primary N) is 1. The first-order valence-corrected chi connectivity index (χ1v) is 4.76. The highest BCUT2D eigenvalue weighted by Crippen LogP contribution is 2.33. The molecule has 0 aromatic heterocycles. The zero-order valence-corrected chi connectivity index (χ0v) is 9.03. The Labute approximate surface area is 91.3 Å². The van der Waals surface area contributed by atoms with Crippen LogP contribution in [0.1, 0.15) is 25.0 Å². The molecular weight excluding hydrogens is 222 g/mol. The first kappa shape index (κ1) is 13.0. The molecule has 0 fully saturated rings. The fourth-order valence-corrected chi connectivity index (χ4v) is 1.28. The van der Waals surface area contributed by atoms with Crippen LogP contribution in [0.25, 0.3) is 0 Å². The van der Waals surface area contributed by atoms with Gasteiger partial charge in [0.05, 0.1) is 5.56 Å². The predicted molar refractivity (Wildman–Crippen MR) is 53.5 cm³/mol. The van der Waals surface area contributed by atoms with Crippen LogP contribution >= 0.6 is 0 Å². The maximum absolute atomic E-state index is 13.3. The lowest BCUT2D eigenvalue weighted by molar-refractivity contribution is -0.140. The molecule has 0 unspecified atom stereocenters. The highest BCUT2D eigenvalue weighted by Gasteiger charge is 2.34. The molecule has 0 spiro atoms. The standard InChI is InChI=1S/C11H13F4N/c1-10(2,6-16)7-3-4-8(9(12)5-7)11(13,14)15/h3-5H,6,16H2,1-2H3. The van der Waals surface area contributed by atoms with Gasteiger partial charge in [0, 0.05) is 12.0 Å². The van der Waals surface area contributed by atoms with E-state index in [2.05, 4.69) is 0 Å². The normalized spacial score (nSPS) is 12.9. The molecule has 2 N–H and O–H groups in total. The van der Waals surface area contributed by atoms with E-state index in [1.807, 2.05) is 0 Å². The average molecular weight is 235 g/mol. The summed E-state index contributed by atoms with van der Waals surface area (Å²) in [5.41, 5.74) is 4.14. The van der Waals surface area contributed by atoms with Crippen molar-refractivity contribution in [1.29, 1.82) is 0 Å². The molecule has 16 heavy (non-hydrogen) atoms. The van der Waals surface area contributed by atoms with Gasteiger partial charge >= 0.3 is 6.18 Å². The Hall–Kier alpha value is -1.10. The minimum absolute atomic E-state index is 0.234. The van der Waals surface area contributed by atoms with Crippen LogP contribution in [-0.2, 0) is 11.6 Å². The summed E-state index contributed by atoms with van der Waals surface area (Å²) in [4.78, 5) is 0. The highest BCUT2D eigenvalue weighted by atomic mass is 19.4. The zero-order valence-electron chi connectivity index (χ0n) is 9.03.